The van der Waals surface area contributed by atoms with Gasteiger partial charge in [0.1, 0.15) is 29.9 Å². The minimum absolute atomic E-state index is 0.0169. The molecule has 0 aliphatic rings. The molecule has 1 aromatic rings. The highest BCUT2D eigenvalue weighted by atomic mass is 32.1. The van der Waals surface area contributed by atoms with E-state index in [4.69, 9.17) is 10.8 Å². The number of aliphatic carboxylic acids is 1. The van der Waals surface area contributed by atoms with Crippen molar-refractivity contribution in [2.45, 2.75) is 30.6 Å². The number of carboxylic acid groups (broad SMARTS) is 1. The first-order valence-electron chi connectivity index (χ1n) is 9.12. The molecule has 0 aliphatic carbocycles. The molecule has 0 heterocycles. The van der Waals surface area contributed by atoms with Gasteiger partial charge < -0.3 is 37.0 Å². The number of phenols is 1. The normalized spacial score (nSPS) is 14.6. The maximum absolute atomic E-state index is 12.5. The largest absolute Gasteiger partial charge is 0.508 e. The van der Waals surface area contributed by atoms with Gasteiger partial charge in [0, 0.05) is 17.9 Å². The third-order valence-corrected chi connectivity index (χ3v) is 4.89. The Balaban J connectivity index is 2.78. The van der Waals surface area contributed by atoms with Gasteiger partial charge in [-0.3, -0.25) is 14.4 Å². The van der Waals surface area contributed by atoms with Crippen LogP contribution < -0.4 is 21.7 Å². The zero-order chi connectivity index (χ0) is 23.6. The van der Waals surface area contributed by atoms with Crippen molar-refractivity contribution in [1.29, 1.82) is 0 Å². The van der Waals surface area contributed by atoms with E-state index < -0.39 is 54.5 Å². The predicted molar refractivity (Wildman–Crippen MR) is 118 cm³/mol. The summed E-state index contributed by atoms with van der Waals surface area (Å²) in [4.78, 5) is 48.2. The fraction of sp³-hybridized carbons (Fsp3) is 0.444. The molecule has 0 fully saturated rings. The summed E-state index contributed by atoms with van der Waals surface area (Å²) in [6.07, 6.45) is -0.0526. The standard InChI is InChI=1S/C18H26N4O7S2/c19-11(6-23)15(25)21-13(7-30)17(27)22-14(8-31)16(26)20-12(18(28)29)5-9-1-3-10(24)4-2-9/h1-4,11-14,23-24,30-31H,5-8,19H2,(H,20,26)(H,21,25)(H,22,27)(H,28,29). The molecule has 0 aromatic heterocycles. The summed E-state index contributed by atoms with van der Waals surface area (Å²) in [5.74, 6) is -3.85. The molecule has 0 saturated heterocycles. The summed E-state index contributed by atoms with van der Waals surface area (Å²) in [5.41, 5.74) is 5.95. The zero-order valence-corrected chi connectivity index (χ0v) is 18.2. The highest BCUT2D eigenvalue weighted by Gasteiger charge is 2.29. The first kappa shape index (κ1) is 26.6. The maximum atomic E-state index is 12.5. The van der Waals surface area contributed by atoms with Crippen LogP contribution in [0.25, 0.3) is 0 Å². The van der Waals surface area contributed by atoms with E-state index in [1.165, 1.54) is 24.3 Å². The SMILES string of the molecule is NC(CO)C(=O)NC(CS)C(=O)NC(CS)C(=O)NC(Cc1ccc(O)cc1)C(=O)O. The van der Waals surface area contributed by atoms with Crippen LogP contribution in [0.5, 0.6) is 5.75 Å². The number of benzene rings is 1. The molecule has 172 valence electrons. The summed E-state index contributed by atoms with van der Waals surface area (Å²) >= 11 is 8.00. The van der Waals surface area contributed by atoms with Crippen molar-refractivity contribution in [3.63, 3.8) is 0 Å². The van der Waals surface area contributed by atoms with Gasteiger partial charge in [-0.1, -0.05) is 12.1 Å². The lowest BCUT2D eigenvalue weighted by Crippen LogP contribution is -2.58. The van der Waals surface area contributed by atoms with Crippen LogP contribution in [-0.4, -0.2) is 81.3 Å². The fourth-order valence-electron chi connectivity index (χ4n) is 2.36. The predicted octanol–water partition coefficient (Wildman–Crippen LogP) is -2.35. The van der Waals surface area contributed by atoms with Gasteiger partial charge in [-0.2, -0.15) is 25.3 Å². The van der Waals surface area contributed by atoms with Crippen molar-refractivity contribution in [3.05, 3.63) is 29.8 Å². The number of carbonyl (C=O) groups excluding carboxylic acids is 3. The number of aliphatic hydroxyl groups is 1. The number of nitrogens with two attached hydrogens (primary N) is 1. The number of carbonyl (C=O) groups is 4. The van der Waals surface area contributed by atoms with E-state index in [1.54, 1.807) is 0 Å². The average molecular weight is 475 g/mol. The van der Waals surface area contributed by atoms with E-state index in [0.717, 1.165) is 0 Å². The minimum atomic E-state index is -1.29. The Hall–Kier alpha value is -2.48. The zero-order valence-electron chi connectivity index (χ0n) is 16.4. The molecule has 13 heteroatoms. The Kier molecular flexibility index (Phi) is 11.2. The molecule has 0 saturated carbocycles. The first-order valence-corrected chi connectivity index (χ1v) is 10.4. The van der Waals surface area contributed by atoms with Gasteiger partial charge in [0.15, 0.2) is 0 Å². The maximum Gasteiger partial charge on any atom is 0.326 e. The number of hydrogen-bond donors (Lipinski definition) is 9. The lowest BCUT2D eigenvalue weighted by atomic mass is 10.1. The number of phenolic OH excluding ortho intramolecular Hbond substituents is 1. The molecule has 4 atom stereocenters. The Bertz CT molecular complexity index is 779. The number of aliphatic hydroxyl groups excluding tert-OH is 1. The van der Waals surface area contributed by atoms with Crippen molar-refractivity contribution in [1.82, 2.24) is 16.0 Å². The Morgan fingerprint density at radius 2 is 1.32 bits per heavy atom. The molecule has 11 nitrogen and oxygen atoms in total. The molecule has 1 aromatic carbocycles. The number of carboxylic acids is 1. The van der Waals surface area contributed by atoms with Crippen LogP contribution in [0.3, 0.4) is 0 Å². The molecule has 0 aliphatic heterocycles. The van der Waals surface area contributed by atoms with E-state index in [1.807, 2.05) is 0 Å². The second-order valence-corrected chi connectivity index (χ2v) is 7.28. The highest BCUT2D eigenvalue weighted by molar-refractivity contribution is 7.80. The van der Waals surface area contributed by atoms with Crippen molar-refractivity contribution in [2.24, 2.45) is 5.73 Å². The molecule has 0 radical (unpaired) electrons. The number of rotatable bonds is 12. The van der Waals surface area contributed by atoms with Crippen molar-refractivity contribution in [2.75, 3.05) is 18.1 Å². The highest BCUT2D eigenvalue weighted by Crippen LogP contribution is 2.11. The van der Waals surface area contributed by atoms with Crippen LogP contribution in [0, 0.1) is 0 Å². The minimum Gasteiger partial charge on any atom is -0.508 e. The topological polar surface area (TPSA) is 191 Å². The summed E-state index contributed by atoms with van der Waals surface area (Å²) < 4.78 is 0. The second kappa shape index (κ2) is 13.0. The van der Waals surface area contributed by atoms with E-state index in [2.05, 4.69) is 41.2 Å². The summed E-state index contributed by atoms with van der Waals surface area (Å²) in [5, 5.41) is 34.6. The lowest BCUT2D eigenvalue weighted by Gasteiger charge is -2.23. The molecule has 4 unspecified atom stereocenters. The van der Waals surface area contributed by atoms with Crippen LogP contribution in [0.4, 0.5) is 0 Å². The summed E-state index contributed by atoms with van der Waals surface area (Å²) in [6, 6.07) is 0.968. The monoisotopic (exact) mass is 474 g/mol. The Morgan fingerprint density at radius 1 is 0.871 bits per heavy atom. The van der Waals surface area contributed by atoms with Crippen LogP contribution in [0.1, 0.15) is 5.56 Å². The number of amides is 3. The van der Waals surface area contributed by atoms with E-state index >= 15 is 0 Å². The third kappa shape index (κ3) is 8.65. The quantitative estimate of drug-likeness (QED) is 0.150. The van der Waals surface area contributed by atoms with Crippen LogP contribution >= 0.6 is 25.3 Å². The summed E-state index contributed by atoms with van der Waals surface area (Å²) in [7, 11) is 0. The lowest BCUT2D eigenvalue weighted by molar-refractivity contribution is -0.142. The van der Waals surface area contributed by atoms with E-state index in [-0.39, 0.29) is 23.7 Å². The number of hydrogen-bond acceptors (Lipinski definition) is 9. The molecular weight excluding hydrogens is 448 g/mol. The van der Waals surface area contributed by atoms with Gasteiger partial charge in [0.25, 0.3) is 0 Å². The summed E-state index contributed by atoms with van der Waals surface area (Å²) in [6.45, 7) is -0.619. The molecule has 31 heavy (non-hydrogen) atoms. The molecule has 8 N–H and O–H groups in total. The number of aromatic hydroxyl groups is 1. The molecule has 3 amide bonds. The second-order valence-electron chi connectivity index (χ2n) is 6.55. The van der Waals surface area contributed by atoms with Crippen LogP contribution in [0.2, 0.25) is 0 Å². The van der Waals surface area contributed by atoms with Gasteiger partial charge >= 0.3 is 5.97 Å². The third-order valence-electron chi connectivity index (χ3n) is 4.16. The van der Waals surface area contributed by atoms with Crippen molar-refractivity contribution >= 4 is 48.9 Å². The van der Waals surface area contributed by atoms with Crippen LogP contribution in [0.15, 0.2) is 24.3 Å². The smallest absolute Gasteiger partial charge is 0.326 e. The van der Waals surface area contributed by atoms with Crippen LogP contribution in [-0.2, 0) is 25.6 Å². The van der Waals surface area contributed by atoms with Gasteiger partial charge in [-0.25, -0.2) is 4.79 Å². The van der Waals surface area contributed by atoms with Gasteiger partial charge in [0.2, 0.25) is 17.7 Å². The Labute approximate surface area is 189 Å². The fourth-order valence-corrected chi connectivity index (χ4v) is 2.88. The molecule has 0 bridgehead atoms. The van der Waals surface area contributed by atoms with E-state index in [0.29, 0.717) is 5.56 Å². The van der Waals surface area contributed by atoms with Crippen molar-refractivity contribution < 1.29 is 34.5 Å². The Morgan fingerprint density at radius 3 is 1.74 bits per heavy atom. The number of nitrogens with one attached hydrogen (secondary N) is 3. The van der Waals surface area contributed by atoms with Gasteiger partial charge in [0.05, 0.1) is 6.61 Å². The first-order chi connectivity index (χ1) is 14.6. The van der Waals surface area contributed by atoms with Gasteiger partial charge in [-0.05, 0) is 17.7 Å². The number of thiol groups is 2. The van der Waals surface area contributed by atoms with E-state index in [9.17, 15) is 29.4 Å². The molecule has 1 rings (SSSR count). The molecule has 0 spiro atoms. The average Bonchev–Trinajstić information content (AvgIpc) is 2.75. The van der Waals surface area contributed by atoms with Gasteiger partial charge in [-0.15, -0.1) is 0 Å². The molecular formula is C18H26N4O7S2. The van der Waals surface area contributed by atoms with Crippen molar-refractivity contribution in [3.8, 4) is 5.75 Å².